The van der Waals surface area contributed by atoms with E-state index in [0.717, 1.165) is 29.8 Å². The van der Waals surface area contributed by atoms with Crippen LogP contribution < -0.4 is 10.2 Å². The summed E-state index contributed by atoms with van der Waals surface area (Å²) in [5.41, 5.74) is 0.736. The van der Waals surface area contributed by atoms with E-state index in [-0.39, 0.29) is 23.1 Å². The first-order valence-electron chi connectivity index (χ1n) is 8.00. The van der Waals surface area contributed by atoms with Gasteiger partial charge < -0.3 is 15.2 Å². The van der Waals surface area contributed by atoms with E-state index in [0.29, 0.717) is 6.54 Å². The van der Waals surface area contributed by atoms with E-state index in [2.05, 4.69) is 30.2 Å². The molecule has 1 fully saturated rings. The molecule has 3 aromatic rings. The average Bonchev–Trinajstić information content (AvgIpc) is 3.30. The van der Waals surface area contributed by atoms with Gasteiger partial charge in [0.2, 0.25) is 5.82 Å². The zero-order valence-electron chi connectivity index (χ0n) is 13.6. The smallest absolute Gasteiger partial charge is 0.312 e. The summed E-state index contributed by atoms with van der Waals surface area (Å²) in [6.45, 7) is 1.40. The lowest BCUT2D eigenvalue weighted by molar-refractivity contribution is -0.384. The van der Waals surface area contributed by atoms with Gasteiger partial charge in [-0.25, -0.2) is 15.0 Å². The van der Waals surface area contributed by atoms with Crippen molar-refractivity contribution in [3.05, 3.63) is 46.5 Å². The number of H-pyrrole nitrogens is 1. The fourth-order valence-corrected chi connectivity index (χ4v) is 3.14. The highest BCUT2D eigenvalue weighted by Crippen LogP contribution is 2.28. The van der Waals surface area contributed by atoms with Crippen molar-refractivity contribution in [1.82, 2.24) is 19.9 Å². The number of hydrogen-bond acceptors (Lipinski definition) is 8. The number of aromatic nitrogens is 4. The van der Waals surface area contributed by atoms with Crippen LogP contribution in [0.4, 0.5) is 17.3 Å². The predicted molar refractivity (Wildman–Crippen MR) is 93.7 cm³/mol. The fourth-order valence-electron chi connectivity index (χ4n) is 3.14. The molecule has 0 saturated carbocycles. The summed E-state index contributed by atoms with van der Waals surface area (Å²) >= 11 is 0. The summed E-state index contributed by atoms with van der Waals surface area (Å²) in [5, 5.41) is 24.2. The van der Waals surface area contributed by atoms with Crippen molar-refractivity contribution in [2.45, 2.75) is 12.5 Å². The number of rotatable bonds is 4. The van der Waals surface area contributed by atoms with E-state index < -0.39 is 4.92 Å². The number of nitrogens with zero attached hydrogens (tertiary/aromatic N) is 6. The molecule has 0 aromatic carbocycles. The van der Waals surface area contributed by atoms with E-state index in [1.54, 1.807) is 0 Å². The van der Waals surface area contributed by atoms with Crippen LogP contribution in [0.2, 0.25) is 0 Å². The van der Waals surface area contributed by atoms with Crippen LogP contribution in [0, 0.1) is 21.4 Å². The number of nitriles is 1. The van der Waals surface area contributed by atoms with Crippen molar-refractivity contribution >= 4 is 28.4 Å². The largest absolute Gasteiger partial charge is 0.360 e. The second kappa shape index (κ2) is 6.29. The summed E-state index contributed by atoms with van der Waals surface area (Å²) < 4.78 is 0. The minimum atomic E-state index is -0.531. The zero-order chi connectivity index (χ0) is 18.1. The maximum absolute atomic E-state index is 11.3. The molecule has 4 rings (SSSR count). The molecule has 1 saturated heterocycles. The molecular weight excluding hydrogens is 336 g/mol. The topological polar surface area (TPSA) is 137 Å². The molecule has 2 N–H and O–H groups in total. The van der Waals surface area contributed by atoms with E-state index in [1.165, 1.54) is 18.6 Å². The third-order valence-electron chi connectivity index (χ3n) is 4.35. The maximum Gasteiger partial charge on any atom is 0.312 e. The Bertz CT molecular complexity index is 1020. The third kappa shape index (κ3) is 2.75. The molecule has 0 aliphatic carbocycles. The number of pyridine rings is 1. The Morgan fingerprint density at radius 2 is 2.31 bits per heavy atom. The van der Waals surface area contributed by atoms with Crippen molar-refractivity contribution in [3.63, 3.8) is 0 Å². The standard InChI is InChI=1S/C16H14N8O2/c17-6-10-5-13(24(25)26)15(19-7-10)22-11-2-4-23(8-11)16-12-1-3-18-14(12)20-9-21-16/h1,3,5,7,9,11H,2,4,8H2,(H,19,22)(H,18,20,21). The molecule has 130 valence electrons. The molecule has 1 aliphatic rings. The summed E-state index contributed by atoms with van der Waals surface area (Å²) in [7, 11) is 0. The van der Waals surface area contributed by atoms with Crippen LogP contribution in [0.1, 0.15) is 12.0 Å². The first-order chi connectivity index (χ1) is 12.7. The lowest BCUT2D eigenvalue weighted by Gasteiger charge is -2.18. The molecule has 0 radical (unpaired) electrons. The normalized spacial score (nSPS) is 16.6. The summed E-state index contributed by atoms with van der Waals surface area (Å²) in [4.78, 5) is 28.5. The van der Waals surface area contributed by atoms with E-state index in [1.807, 2.05) is 18.3 Å². The number of aromatic amines is 1. The molecule has 1 aliphatic heterocycles. The SMILES string of the molecule is N#Cc1cnc(NC2CCN(c3ncnc4[nH]ccc34)C2)c([N+](=O)[O-])c1. The van der Waals surface area contributed by atoms with E-state index >= 15 is 0 Å². The lowest BCUT2D eigenvalue weighted by Crippen LogP contribution is -2.27. The predicted octanol–water partition coefficient (Wildman–Crippen LogP) is 1.82. The number of fused-ring (bicyclic) bond motifs is 1. The van der Waals surface area contributed by atoms with Gasteiger partial charge in [0.05, 0.1) is 15.9 Å². The first-order valence-corrected chi connectivity index (χ1v) is 8.00. The van der Waals surface area contributed by atoms with Crippen LogP contribution in [-0.2, 0) is 0 Å². The van der Waals surface area contributed by atoms with Gasteiger partial charge in [0.1, 0.15) is 23.9 Å². The van der Waals surface area contributed by atoms with Gasteiger partial charge in [0.25, 0.3) is 0 Å². The van der Waals surface area contributed by atoms with Crippen molar-refractivity contribution in [2.75, 3.05) is 23.3 Å². The maximum atomic E-state index is 11.3. The van der Waals surface area contributed by atoms with E-state index in [9.17, 15) is 10.1 Å². The van der Waals surface area contributed by atoms with Crippen LogP contribution >= 0.6 is 0 Å². The van der Waals surface area contributed by atoms with Gasteiger partial charge in [-0.3, -0.25) is 10.1 Å². The number of anilines is 2. The summed E-state index contributed by atoms with van der Waals surface area (Å²) in [6.07, 6.45) is 5.45. The van der Waals surface area contributed by atoms with Crippen LogP contribution in [0.5, 0.6) is 0 Å². The Morgan fingerprint density at radius 1 is 1.42 bits per heavy atom. The Kier molecular flexibility index (Phi) is 3.81. The van der Waals surface area contributed by atoms with Gasteiger partial charge >= 0.3 is 5.69 Å². The Morgan fingerprint density at radius 3 is 3.12 bits per heavy atom. The number of hydrogen-bond donors (Lipinski definition) is 2. The number of nitro groups is 1. The third-order valence-corrected chi connectivity index (χ3v) is 4.35. The molecule has 3 aromatic heterocycles. The van der Waals surface area contributed by atoms with Gasteiger partial charge in [-0.2, -0.15) is 5.26 Å². The highest BCUT2D eigenvalue weighted by atomic mass is 16.6. The van der Waals surface area contributed by atoms with Crippen molar-refractivity contribution < 1.29 is 4.92 Å². The zero-order valence-corrected chi connectivity index (χ0v) is 13.6. The first kappa shape index (κ1) is 15.8. The number of nitrogens with one attached hydrogen (secondary N) is 2. The molecule has 4 heterocycles. The molecule has 0 bridgehead atoms. The fraction of sp³-hybridized carbons (Fsp3) is 0.250. The Balaban J connectivity index is 1.54. The Hall–Kier alpha value is -3.74. The van der Waals surface area contributed by atoms with Crippen LogP contribution in [0.3, 0.4) is 0 Å². The van der Waals surface area contributed by atoms with Gasteiger partial charge in [-0.15, -0.1) is 0 Å². The second-order valence-electron chi connectivity index (χ2n) is 5.97. The molecule has 0 amide bonds. The quantitative estimate of drug-likeness (QED) is 0.537. The lowest BCUT2D eigenvalue weighted by atomic mass is 10.2. The van der Waals surface area contributed by atoms with Crippen molar-refractivity contribution in [2.24, 2.45) is 0 Å². The van der Waals surface area contributed by atoms with Gasteiger partial charge in [0.15, 0.2) is 0 Å². The monoisotopic (exact) mass is 350 g/mol. The van der Waals surface area contributed by atoms with Gasteiger partial charge in [-0.05, 0) is 12.5 Å². The average molecular weight is 350 g/mol. The second-order valence-corrected chi connectivity index (χ2v) is 5.97. The minimum Gasteiger partial charge on any atom is -0.360 e. The highest BCUT2D eigenvalue weighted by Gasteiger charge is 2.27. The Labute approximate surface area is 147 Å². The van der Waals surface area contributed by atoms with Crippen LogP contribution in [-0.4, -0.2) is 44.0 Å². The summed E-state index contributed by atoms with van der Waals surface area (Å²) in [6, 6.07) is 5.01. The molecule has 1 atom stereocenters. The van der Waals surface area contributed by atoms with Crippen molar-refractivity contribution in [3.8, 4) is 6.07 Å². The molecule has 0 spiro atoms. The molecular formula is C16H14N8O2. The minimum absolute atomic E-state index is 0.0157. The van der Waals surface area contributed by atoms with Crippen molar-refractivity contribution in [1.29, 1.82) is 5.26 Å². The van der Waals surface area contributed by atoms with Gasteiger partial charge in [-0.1, -0.05) is 0 Å². The van der Waals surface area contributed by atoms with Crippen LogP contribution in [0.25, 0.3) is 11.0 Å². The molecule has 26 heavy (non-hydrogen) atoms. The molecule has 10 heteroatoms. The van der Waals surface area contributed by atoms with Gasteiger partial charge in [0, 0.05) is 37.6 Å². The highest BCUT2D eigenvalue weighted by molar-refractivity contribution is 5.87. The van der Waals surface area contributed by atoms with Crippen LogP contribution in [0.15, 0.2) is 30.9 Å². The van der Waals surface area contributed by atoms with E-state index in [4.69, 9.17) is 5.26 Å². The molecule has 10 nitrogen and oxygen atoms in total. The summed E-state index contributed by atoms with van der Waals surface area (Å²) in [5.74, 6) is 1.01. The molecule has 1 unspecified atom stereocenters.